The van der Waals surface area contributed by atoms with E-state index in [-0.39, 0.29) is 24.5 Å². The van der Waals surface area contributed by atoms with E-state index < -0.39 is 11.9 Å². The number of ether oxygens (including phenoxy) is 2. The van der Waals surface area contributed by atoms with Gasteiger partial charge in [0.25, 0.3) is 0 Å². The minimum atomic E-state index is -0.608. The Balaban J connectivity index is 2.49. The van der Waals surface area contributed by atoms with Crippen molar-refractivity contribution in [2.24, 2.45) is 0 Å². The number of hydrogen-bond donors (Lipinski definition) is 0. The van der Waals surface area contributed by atoms with Gasteiger partial charge in [0.05, 0.1) is 13.2 Å². The summed E-state index contributed by atoms with van der Waals surface area (Å²) in [4.78, 5) is 24.3. The Bertz CT molecular complexity index is 741. The van der Waals surface area contributed by atoms with Crippen LogP contribution in [0.25, 0.3) is 12.2 Å². The van der Waals surface area contributed by atoms with Crippen molar-refractivity contribution in [1.29, 1.82) is 0 Å². The van der Waals surface area contributed by atoms with Crippen LogP contribution in [0, 0.1) is 6.92 Å². The quantitative estimate of drug-likeness (QED) is 0.747. The Morgan fingerprint density at radius 3 is 2.25 bits per heavy atom. The summed E-state index contributed by atoms with van der Waals surface area (Å²) in [6, 6.07) is 9.54. The smallest absolute Gasteiger partial charge is 0.374 e. The molecule has 0 saturated heterocycles. The van der Waals surface area contributed by atoms with Crippen LogP contribution >= 0.6 is 0 Å². The van der Waals surface area contributed by atoms with Gasteiger partial charge in [0.2, 0.25) is 5.76 Å². The van der Waals surface area contributed by atoms with Crippen molar-refractivity contribution in [3.63, 3.8) is 0 Å². The maximum Gasteiger partial charge on any atom is 0.374 e. The molecule has 0 saturated carbocycles. The number of furan rings is 1. The molecule has 24 heavy (non-hydrogen) atoms. The van der Waals surface area contributed by atoms with Gasteiger partial charge in [-0.05, 0) is 32.4 Å². The molecule has 5 heteroatoms. The van der Waals surface area contributed by atoms with Crippen LogP contribution in [0.1, 0.15) is 51.6 Å². The van der Waals surface area contributed by atoms with Crippen molar-refractivity contribution in [2.45, 2.75) is 20.8 Å². The van der Waals surface area contributed by atoms with Gasteiger partial charge in [0.15, 0.2) is 0 Å². The van der Waals surface area contributed by atoms with Gasteiger partial charge < -0.3 is 13.9 Å². The Kier molecular flexibility index (Phi) is 5.95. The predicted molar refractivity (Wildman–Crippen MR) is 90.7 cm³/mol. The molecule has 0 bridgehead atoms. The second-order valence-electron chi connectivity index (χ2n) is 4.96. The molecular formula is C19H20O5. The third-order valence-electron chi connectivity index (χ3n) is 3.30. The minimum absolute atomic E-state index is 0.00424. The minimum Gasteiger partial charge on any atom is -0.462 e. The number of aryl methyl sites for hydroxylation is 1. The van der Waals surface area contributed by atoms with Crippen molar-refractivity contribution < 1.29 is 23.5 Å². The Hall–Kier alpha value is -2.82. The number of esters is 2. The van der Waals surface area contributed by atoms with Crippen LogP contribution in [0.2, 0.25) is 0 Å². The van der Waals surface area contributed by atoms with Crippen LogP contribution in [0.15, 0.2) is 34.7 Å². The highest BCUT2D eigenvalue weighted by Gasteiger charge is 2.27. The van der Waals surface area contributed by atoms with Gasteiger partial charge in [-0.15, -0.1) is 0 Å². The molecule has 1 aromatic heterocycles. The number of benzene rings is 1. The van der Waals surface area contributed by atoms with Crippen molar-refractivity contribution in [2.75, 3.05) is 13.2 Å². The van der Waals surface area contributed by atoms with E-state index in [4.69, 9.17) is 13.9 Å². The SMILES string of the molecule is CCOC(=O)c1oc(C)c(C(=O)OCC)c1/C=C/c1ccccc1. The normalized spacial score (nSPS) is 10.8. The molecule has 1 aromatic carbocycles. The fourth-order valence-corrected chi connectivity index (χ4v) is 2.27. The van der Waals surface area contributed by atoms with E-state index in [1.165, 1.54) is 0 Å². The van der Waals surface area contributed by atoms with Crippen LogP contribution in [-0.4, -0.2) is 25.2 Å². The molecule has 2 rings (SSSR count). The maximum absolute atomic E-state index is 12.2. The number of rotatable bonds is 6. The van der Waals surface area contributed by atoms with Gasteiger partial charge in [-0.25, -0.2) is 9.59 Å². The third kappa shape index (κ3) is 3.93. The first-order chi connectivity index (χ1) is 11.6. The monoisotopic (exact) mass is 328 g/mol. The summed E-state index contributed by atoms with van der Waals surface area (Å²) in [6.07, 6.45) is 3.47. The topological polar surface area (TPSA) is 65.7 Å². The Morgan fingerprint density at radius 1 is 1.00 bits per heavy atom. The summed E-state index contributed by atoms with van der Waals surface area (Å²) in [6.45, 7) is 5.50. The molecule has 0 aliphatic carbocycles. The number of carbonyl (C=O) groups excluding carboxylic acids is 2. The molecule has 0 atom stereocenters. The maximum atomic E-state index is 12.2. The summed E-state index contributed by atoms with van der Waals surface area (Å²) in [5.41, 5.74) is 1.54. The van der Waals surface area contributed by atoms with Crippen molar-refractivity contribution >= 4 is 24.1 Å². The lowest BCUT2D eigenvalue weighted by Crippen LogP contribution is -2.09. The van der Waals surface area contributed by atoms with Gasteiger partial charge in [0.1, 0.15) is 11.3 Å². The molecule has 0 aliphatic heterocycles. The first-order valence-electron chi connectivity index (χ1n) is 7.79. The van der Waals surface area contributed by atoms with Crippen molar-refractivity contribution in [3.8, 4) is 0 Å². The Morgan fingerprint density at radius 2 is 1.62 bits per heavy atom. The zero-order chi connectivity index (χ0) is 17.5. The average molecular weight is 328 g/mol. The molecule has 0 unspecified atom stereocenters. The predicted octanol–water partition coefficient (Wildman–Crippen LogP) is 4.11. The van der Waals surface area contributed by atoms with E-state index in [0.717, 1.165) is 5.56 Å². The van der Waals surface area contributed by atoms with E-state index in [1.807, 2.05) is 30.3 Å². The molecule has 0 amide bonds. The lowest BCUT2D eigenvalue weighted by atomic mass is 10.1. The van der Waals surface area contributed by atoms with E-state index in [0.29, 0.717) is 11.3 Å². The van der Waals surface area contributed by atoms with Crippen LogP contribution < -0.4 is 0 Å². The molecule has 0 fully saturated rings. The second-order valence-corrected chi connectivity index (χ2v) is 4.96. The molecule has 1 heterocycles. The molecule has 0 N–H and O–H groups in total. The fourth-order valence-electron chi connectivity index (χ4n) is 2.27. The lowest BCUT2D eigenvalue weighted by molar-refractivity contribution is 0.0485. The van der Waals surface area contributed by atoms with Crippen LogP contribution in [0.4, 0.5) is 0 Å². The second kappa shape index (κ2) is 8.15. The zero-order valence-electron chi connectivity index (χ0n) is 14.0. The summed E-state index contributed by atoms with van der Waals surface area (Å²) in [5, 5.41) is 0. The first-order valence-corrected chi connectivity index (χ1v) is 7.79. The highest BCUT2D eigenvalue weighted by atomic mass is 16.5. The highest BCUT2D eigenvalue weighted by molar-refractivity contribution is 6.02. The van der Waals surface area contributed by atoms with E-state index in [9.17, 15) is 9.59 Å². The summed E-state index contributed by atoms with van der Waals surface area (Å²) in [7, 11) is 0. The lowest BCUT2D eigenvalue weighted by Gasteiger charge is -2.02. The van der Waals surface area contributed by atoms with E-state index in [2.05, 4.69) is 0 Å². The van der Waals surface area contributed by atoms with Gasteiger partial charge >= 0.3 is 11.9 Å². The van der Waals surface area contributed by atoms with Gasteiger partial charge in [-0.1, -0.05) is 36.4 Å². The van der Waals surface area contributed by atoms with Gasteiger partial charge in [0, 0.05) is 5.56 Å². The first kappa shape index (κ1) is 17.5. The zero-order valence-corrected chi connectivity index (χ0v) is 14.0. The molecule has 0 radical (unpaired) electrons. The van der Waals surface area contributed by atoms with Gasteiger partial charge in [-0.3, -0.25) is 0 Å². The van der Waals surface area contributed by atoms with Crippen LogP contribution in [0.3, 0.4) is 0 Å². The fraction of sp³-hybridized carbons (Fsp3) is 0.263. The Labute approximate surface area is 140 Å². The molecule has 0 aliphatic rings. The summed E-state index contributed by atoms with van der Waals surface area (Å²) in [5.74, 6) is -0.806. The molecule has 5 nitrogen and oxygen atoms in total. The standard InChI is InChI=1S/C19H20O5/c1-4-22-18(20)16-13(3)24-17(19(21)23-5-2)15(16)12-11-14-9-7-6-8-10-14/h6-12H,4-5H2,1-3H3/b12-11+. The van der Waals surface area contributed by atoms with E-state index in [1.54, 1.807) is 32.9 Å². The summed E-state index contributed by atoms with van der Waals surface area (Å²) < 4.78 is 15.6. The van der Waals surface area contributed by atoms with Crippen LogP contribution in [-0.2, 0) is 9.47 Å². The number of carbonyl (C=O) groups is 2. The van der Waals surface area contributed by atoms with Crippen LogP contribution in [0.5, 0.6) is 0 Å². The van der Waals surface area contributed by atoms with Gasteiger partial charge in [-0.2, -0.15) is 0 Å². The number of hydrogen-bond acceptors (Lipinski definition) is 5. The summed E-state index contributed by atoms with van der Waals surface area (Å²) >= 11 is 0. The molecule has 126 valence electrons. The molecule has 2 aromatic rings. The average Bonchev–Trinajstić information content (AvgIpc) is 2.91. The molecular weight excluding hydrogens is 308 g/mol. The molecule has 0 spiro atoms. The highest BCUT2D eigenvalue weighted by Crippen LogP contribution is 2.26. The third-order valence-corrected chi connectivity index (χ3v) is 3.30. The van der Waals surface area contributed by atoms with E-state index >= 15 is 0 Å². The van der Waals surface area contributed by atoms with Crippen molar-refractivity contribution in [3.05, 3.63) is 58.5 Å². The largest absolute Gasteiger partial charge is 0.462 e. The van der Waals surface area contributed by atoms with Crippen molar-refractivity contribution in [1.82, 2.24) is 0 Å².